The Morgan fingerprint density at radius 1 is 1.00 bits per heavy atom. The van der Waals surface area contributed by atoms with Gasteiger partial charge in [0.15, 0.2) is 0 Å². The highest BCUT2D eigenvalue weighted by Gasteiger charge is 2.11. The minimum Gasteiger partial charge on any atom is -0.497 e. The molecule has 0 radical (unpaired) electrons. The standard InChI is InChI=1S/C13H22O2Si/c1-14-12-6-8-13(9-7-12)15-10-5-11-16(2,3)4/h6-9H,5,10-11H2,1-4H3. The Morgan fingerprint density at radius 2 is 1.56 bits per heavy atom. The second kappa shape index (κ2) is 5.94. The van der Waals surface area contributed by atoms with Crippen molar-refractivity contribution >= 4 is 8.07 Å². The zero-order chi connectivity index (χ0) is 12.0. The fraction of sp³-hybridized carbons (Fsp3) is 0.538. The minimum atomic E-state index is -0.910. The third-order valence-electron chi connectivity index (χ3n) is 2.40. The van der Waals surface area contributed by atoms with E-state index >= 15 is 0 Å². The molecular formula is C13H22O2Si. The molecule has 2 nitrogen and oxygen atoms in total. The van der Waals surface area contributed by atoms with Crippen LogP contribution in [0.1, 0.15) is 6.42 Å². The number of hydrogen-bond acceptors (Lipinski definition) is 2. The van der Waals surface area contributed by atoms with Crippen molar-refractivity contribution in [3.8, 4) is 11.5 Å². The van der Waals surface area contributed by atoms with Crippen LogP contribution in [0, 0.1) is 0 Å². The summed E-state index contributed by atoms with van der Waals surface area (Å²) < 4.78 is 10.8. The van der Waals surface area contributed by atoms with Crippen LogP contribution in [0.25, 0.3) is 0 Å². The number of methoxy groups -OCH3 is 1. The van der Waals surface area contributed by atoms with Crippen molar-refractivity contribution in [2.45, 2.75) is 32.1 Å². The molecule has 16 heavy (non-hydrogen) atoms. The first kappa shape index (κ1) is 13.1. The molecular weight excluding hydrogens is 216 g/mol. The van der Waals surface area contributed by atoms with Gasteiger partial charge in [0.05, 0.1) is 13.7 Å². The first-order valence-corrected chi connectivity index (χ1v) is 9.49. The van der Waals surface area contributed by atoms with Crippen LogP contribution in [0.4, 0.5) is 0 Å². The molecule has 0 bridgehead atoms. The Balaban J connectivity index is 2.27. The number of hydrogen-bond donors (Lipinski definition) is 0. The first-order chi connectivity index (χ1) is 7.51. The highest BCUT2D eigenvalue weighted by atomic mass is 28.3. The number of rotatable bonds is 6. The molecule has 0 amide bonds. The normalized spacial score (nSPS) is 11.2. The summed E-state index contributed by atoms with van der Waals surface area (Å²) in [4.78, 5) is 0. The molecule has 90 valence electrons. The van der Waals surface area contributed by atoms with Gasteiger partial charge in [0.1, 0.15) is 11.5 Å². The molecule has 0 aromatic heterocycles. The third-order valence-corrected chi connectivity index (χ3v) is 4.25. The molecule has 0 fully saturated rings. The fourth-order valence-corrected chi connectivity index (χ4v) is 2.67. The van der Waals surface area contributed by atoms with Gasteiger partial charge in [-0.25, -0.2) is 0 Å². The van der Waals surface area contributed by atoms with Gasteiger partial charge < -0.3 is 9.47 Å². The maximum absolute atomic E-state index is 5.67. The van der Waals surface area contributed by atoms with Gasteiger partial charge in [0.2, 0.25) is 0 Å². The molecule has 0 saturated heterocycles. The lowest BCUT2D eigenvalue weighted by Crippen LogP contribution is -2.19. The molecule has 0 spiro atoms. The van der Waals surface area contributed by atoms with E-state index in [1.54, 1.807) is 7.11 Å². The van der Waals surface area contributed by atoms with E-state index in [1.165, 1.54) is 6.04 Å². The van der Waals surface area contributed by atoms with E-state index in [0.29, 0.717) is 0 Å². The fourth-order valence-electron chi connectivity index (χ4n) is 1.46. The lowest BCUT2D eigenvalue weighted by Gasteiger charge is -2.15. The van der Waals surface area contributed by atoms with Gasteiger partial charge >= 0.3 is 0 Å². The smallest absolute Gasteiger partial charge is 0.119 e. The third kappa shape index (κ3) is 5.21. The van der Waals surface area contributed by atoms with Crippen molar-refractivity contribution in [2.75, 3.05) is 13.7 Å². The molecule has 0 aliphatic heterocycles. The predicted octanol–water partition coefficient (Wildman–Crippen LogP) is 3.80. The van der Waals surface area contributed by atoms with E-state index in [4.69, 9.17) is 9.47 Å². The number of benzene rings is 1. The van der Waals surface area contributed by atoms with Gasteiger partial charge in [0, 0.05) is 8.07 Å². The quantitative estimate of drug-likeness (QED) is 0.554. The Labute approximate surface area is 99.6 Å². The van der Waals surface area contributed by atoms with E-state index in [1.807, 2.05) is 24.3 Å². The van der Waals surface area contributed by atoms with Crippen molar-refractivity contribution in [3.05, 3.63) is 24.3 Å². The molecule has 0 atom stereocenters. The van der Waals surface area contributed by atoms with Gasteiger partial charge in [-0.1, -0.05) is 25.7 Å². The molecule has 0 saturated carbocycles. The molecule has 1 rings (SSSR count). The molecule has 0 heterocycles. The molecule has 1 aromatic rings. The van der Waals surface area contributed by atoms with Crippen LogP contribution in [-0.4, -0.2) is 21.8 Å². The summed E-state index contributed by atoms with van der Waals surface area (Å²) in [7, 11) is 0.760. The monoisotopic (exact) mass is 238 g/mol. The lowest BCUT2D eigenvalue weighted by atomic mass is 10.3. The van der Waals surface area contributed by atoms with Crippen molar-refractivity contribution in [2.24, 2.45) is 0 Å². The highest BCUT2D eigenvalue weighted by molar-refractivity contribution is 6.76. The maximum atomic E-state index is 5.67. The Bertz CT molecular complexity index is 301. The van der Waals surface area contributed by atoms with Crippen molar-refractivity contribution in [3.63, 3.8) is 0 Å². The number of ether oxygens (including phenoxy) is 2. The predicted molar refractivity (Wildman–Crippen MR) is 71.3 cm³/mol. The van der Waals surface area contributed by atoms with Crippen LogP contribution in [0.2, 0.25) is 25.7 Å². The van der Waals surface area contributed by atoms with Crippen LogP contribution in [0.5, 0.6) is 11.5 Å². The van der Waals surface area contributed by atoms with Gasteiger partial charge in [-0.05, 0) is 30.7 Å². The largest absolute Gasteiger partial charge is 0.497 e. The van der Waals surface area contributed by atoms with Crippen LogP contribution in [0.15, 0.2) is 24.3 Å². The van der Waals surface area contributed by atoms with Gasteiger partial charge in [-0.15, -0.1) is 0 Å². The summed E-state index contributed by atoms with van der Waals surface area (Å²) >= 11 is 0. The Hall–Kier alpha value is -0.963. The van der Waals surface area contributed by atoms with Crippen LogP contribution >= 0.6 is 0 Å². The molecule has 0 aliphatic rings. The van der Waals surface area contributed by atoms with Crippen LogP contribution in [0.3, 0.4) is 0 Å². The molecule has 0 aliphatic carbocycles. The molecule has 1 aromatic carbocycles. The van der Waals surface area contributed by atoms with Gasteiger partial charge in [-0.3, -0.25) is 0 Å². The highest BCUT2D eigenvalue weighted by Crippen LogP contribution is 2.18. The van der Waals surface area contributed by atoms with E-state index in [0.717, 1.165) is 24.5 Å². The Kier molecular flexibility index (Phi) is 4.87. The molecule has 0 unspecified atom stereocenters. The summed E-state index contributed by atoms with van der Waals surface area (Å²) in [5.41, 5.74) is 0. The molecule has 3 heteroatoms. The second-order valence-electron chi connectivity index (χ2n) is 5.19. The van der Waals surface area contributed by atoms with Gasteiger partial charge in [-0.2, -0.15) is 0 Å². The van der Waals surface area contributed by atoms with Crippen LogP contribution in [-0.2, 0) is 0 Å². The topological polar surface area (TPSA) is 18.5 Å². The van der Waals surface area contributed by atoms with E-state index < -0.39 is 8.07 Å². The van der Waals surface area contributed by atoms with Crippen LogP contribution < -0.4 is 9.47 Å². The molecule has 0 N–H and O–H groups in total. The summed E-state index contributed by atoms with van der Waals surface area (Å²) in [6.07, 6.45) is 1.15. The summed E-state index contributed by atoms with van der Waals surface area (Å²) in [6.45, 7) is 7.98. The van der Waals surface area contributed by atoms with Crippen molar-refractivity contribution in [1.29, 1.82) is 0 Å². The summed E-state index contributed by atoms with van der Waals surface area (Å²) in [5.74, 6) is 1.80. The zero-order valence-electron chi connectivity index (χ0n) is 10.7. The van der Waals surface area contributed by atoms with E-state index in [2.05, 4.69) is 19.6 Å². The summed E-state index contributed by atoms with van der Waals surface area (Å²) in [5, 5.41) is 0. The van der Waals surface area contributed by atoms with Crippen molar-refractivity contribution < 1.29 is 9.47 Å². The van der Waals surface area contributed by atoms with Crippen molar-refractivity contribution in [1.82, 2.24) is 0 Å². The maximum Gasteiger partial charge on any atom is 0.119 e. The summed E-state index contributed by atoms with van der Waals surface area (Å²) in [6, 6.07) is 9.07. The minimum absolute atomic E-state index is 0.816. The zero-order valence-corrected chi connectivity index (χ0v) is 11.7. The lowest BCUT2D eigenvalue weighted by molar-refractivity contribution is 0.316. The first-order valence-electron chi connectivity index (χ1n) is 5.78. The second-order valence-corrected chi connectivity index (χ2v) is 10.8. The average molecular weight is 238 g/mol. The Morgan fingerprint density at radius 3 is 2.06 bits per heavy atom. The van der Waals surface area contributed by atoms with Gasteiger partial charge in [0.25, 0.3) is 0 Å². The van der Waals surface area contributed by atoms with E-state index in [9.17, 15) is 0 Å². The van der Waals surface area contributed by atoms with E-state index in [-0.39, 0.29) is 0 Å². The SMILES string of the molecule is COc1ccc(OCCC[Si](C)(C)C)cc1. The average Bonchev–Trinajstić information content (AvgIpc) is 2.24.